The number of rotatable bonds is 6. The van der Waals surface area contributed by atoms with Crippen molar-refractivity contribution in [3.8, 4) is 5.75 Å². The topological polar surface area (TPSA) is 127 Å². The molecule has 0 bridgehead atoms. The number of aromatic nitrogens is 1. The van der Waals surface area contributed by atoms with Gasteiger partial charge in [0.1, 0.15) is 18.2 Å². The second-order valence-corrected chi connectivity index (χ2v) is 6.01. The molecule has 7 heteroatoms. The first-order chi connectivity index (χ1) is 11.6. The van der Waals surface area contributed by atoms with Crippen LogP contribution in [0.4, 0.5) is 5.82 Å². The number of allylic oxidation sites excluding steroid dienone is 1. The van der Waals surface area contributed by atoms with Crippen LogP contribution in [0, 0.1) is 10.8 Å². The molecule has 6 N–H and O–H groups in total. The number of benzene rings is 1. The van der Waals surface area contributed by atoms with E-state index in [1.54, 1.807) is 6.07 Å². The first-order valence-corrected chi connectivity index (χ1v) is 7.55. The van der Waals surface area contributed by atoms with E-state index in [0.29, 0.717) is 42.6 Å². The van der Waals surface area contributed by atoms with Crippen LogP contribution >= 0.6 is 0 Å². The predicted molar refractivity (Wildman–Crippen MR) is 92.9 cm³/mol. The van der Waals surface area contributed by atoms with E-state index in [2.05, 4.69) is 4.98 Å². The minimum Gasteiger partial charge on any atom is -0.492 e. The lowest BCUT2D eigenvalue weighted by Crippen LogP contribution is -2.49. The van der Waals surface area contributed by atoms with E-state index in [1.165, 1.54) is 6.08 Å². The van der Waals surface area contributed by atoms with Crippen LogP contribution in [0.25, 0.3) is 16.6 Å². The quantitative estimate of drug-likeness (QED) is 0.589. The van der Waals surface area contributed by atoms with E-state index in [4.69, 9.17) is 26.4 Å². The van der Waals surface area contributed by atoms with Gasteiger partial charge in [0, 0.05) is 23.4 Å². The van der Waals surface area contributed by atoms with Gasteiger partial charge in [-0.05, 0) is 23.8 Å². The van der Waals surface area contributed by atoms with E-state index >= 15 is 0 Å². The maximum Gasteiger partial charge on any atom is 0.132 e. The lowest BCUT2D eigenvalue weighted by atomic mass is 9.88. The van der Waals surface area contributed by atoms with Crippen molar-refractivity contribution in [2.24, 2.45) is 11.1 Å². The highest BCUT2D eigenvalue weighted by Crippen LogP contribution is 2.32. The number of anilines is 1. The summed E-state index contributed by atoms with van der Waals surface area (Å²) in [4.78, 5) is 4.32. The summed E-state index contributed by atoms with van der Waals surface area (Å²) in [6, 6.07) is 7.18. The number of pyridine rings is 1. The number of nitrogens with one attached hydrogen (secondary N) is 1. The Balaban J connectivity index is 1.93. The van der Waals surface area contributed by atoms with Gasteiger partial charge >= 0.3 is 0 Å². The molecule has 1 fully saturated rings. The highest BCUT2D eigenvalue weighted by molar-refractivity contribution is 5.90. The molecule has 0 unspecified atom stereocenters. The van der Waals surface area contributed by atoms with Crippen LogP contribution in [-0.4, -0.2) is 42.7 Å². The summed E-state index contributed by atoms with van der Waals surface area (Å²) in [6.45, 7) is 1.33. The van der Waals surface area contributed by atoms with Crippen molar-refractivity contribution in [2.75, 3.05) is 32.2 Å². The molecule has 24 heavy (non-hydrogen) atoms. The zero-order valence-corrected chi connectivity index (χ0v) is 13.2. The van der Waals surface area contributed by atoms with Gasteiger partial charge < -0.3 is 31.5 Å². The SMILES string of the molecule is N=C/C=C(\N)c1ccc2c(OCC3(CO)COC3)cc(N)nc2c1. The van der Waals surface area contributed by atoms with Gasteiger partial charge in [-0.3, -0.25) is 0 Å². The molecule has 126 valence electrons. The van der Waals surface area contributed by atoms with Gasteiger partial charge in [-0.2, -0.15) is 0 Å². The van der Waals surface area contributed by atoms with Gasteiger partial charge in [-0.25, -0.2) is 4.98 Å². The van der Waals surface area contributed by atoms with Crippen molar-refractivity contribution in [2.45, 2.75) is 0 Å². The number of ether oxygens (including phenoxy) is 2. The van der Waals surface area contributed by atoms with E-state index in [9.17, 15) is 5.11 Å². The van der Waals surface area contributed by atoms with Crippen LogP contribution in [-0.2, 0) is 4.74 Å². The fraction of sp³-hybridized carbons (Fsp3) is 0.294. The normalized spacial score (nSPS) is 16.6. The summed E-state index contributed by atoms with van der Waals surface area (Å²) in [5.74, 6) is 0.950. The Morgan fingerprint density at radius 2 is 2.21 bits per heavy atom. The maximum atomic E-state index is 9.49. The molecule has 1 saturated heterocycles. The van der Waals surface area contributed by atoms with Crippen LogP contribution in [0.15, 0.2) is 30.3 Å². The Kier molecular flexibility index (Phi) is 4.37. The molecule has 1 aliphatic rings. The smallest absolute Gasteiger partial charge is 0.132 e. The summed E-state index contributed by atoms with van der Waals surface area (Å²) in [6.07, 6.45) is 2.64. The molecular formula is C17H20N4O3. The summed E-state index contributed by atoms with van der Waals surface area (Å²) in [7, 11) is 0. The van der Waals surface area contributed by atoms with E-state index in [0.717, 1.165) is 17.2 Å². The van der Waals surface area contributed by atoms with Crippen molar-refractivity contribution in [1.82, 2.24) is 4.98 Å². The lowest BCUT2D eigenvalue weighted by Gasteiger charge is -2.39. The average Bonchev–Trinajstić information content (AvgIpc) is 2.53. The van der Waals surface area contributed by atoms with Gasteiger partial charge in [-0.1, -0.05) is 6.07 Å². The Morgan fingerprint density at radius 3 is 2.83 bits per heavy atom. The Hall–Kier alpha value is -2.64. The minimum absolute atomic E-state index is 0.0145. The van der Waals surface area contributed by atoms with Gasteiger partial charge in [0.25, 0.3) is 0 Å². The number of nitrogens with two attached hydrogens (primary N) is 2. The van der Waals surface area contributed by atoms with Gasteiger partial charge in [0.15, 0.2) is 0 Å². The highest BCUT2D eigenvalue weighted by Gasteiger charge is 2.39. The summed E-state index contributed by atoms with van der Waals surface area (Å²) >= 11 is 0. The van der Waals surface area contributed by atoms with Crippen LogP contribution in [0.5, 0.6) is 5.75 Å². The summed E-state index contributed by atoms with van der Waals surface area (Å²) in [5, 5.41) is 17.4. The van der Waals surface area contributed by atoms with Crippen molar-refractivity contribution < 1.29 is 14.6 Å². The molecule has 2 heterocycles. The molecule has 0 saturated carbocycles. The molecule has 7 nitrogen and oxygen atoms in total. The van der Waals surface area contributed by atoms with Crippen molar-refractivity contribution in [3.05, 3.63) is 35.9 Å². The number of nitrogens with zero attached hydrogens (tertiary/aromatic N) is 1. The third kappa shape index (κ3) is 3.04. The molecular weight excluding hydrogens is 308 g/mol. The maximum absolute atomic E-state index is 9.49. The second kappa shape index (κ2) is 6.46. The van der Waals surface area contributed by atoms with Gasteiger partial charge in [-0.15, -0.1) is 0 Å². The summed E-state index contributed by atoms with van der Waals surface area (Å²) in [5.41, 5.74) is 13.3. The predicted octanol–water partition coefficient (Wildman–Crippen LogP) is 1.15. The Labute approximate surface area is 139 Å². The molecule has 0 spiro atoms. The Morgan fingerprint density at radius 1 is 1.42 bits per heavy atom. The number of aliphatic hydroxyl groups is 1. The molecule has 1 aliphatic heterocycles. The molecule has 3 rings (SSSR count). The highest BCUT2D eigenvalue weighted by atomic mass is 16.5. The standard InChI is InChI=1S/C17H20N4O3/c18-4-3-13(19)11-1-2-12-14(5-11)21-16(20)6-15(12)24-10-17(7-22)8-23-9-17/h1-6,18,22H,7-10,19H2,(H2,20,21)/b13-3-,18-4?. The largest absolute Gasteiger partial charge is 0.492 e. The zero-order chi connectivity index (χ0) is 17.2. The van der Waals surface area contributed by atoms with E-state index in [-0.39, 0.29) is 12.0 Å². The third-order valence-corrected chi connectivity index (χ3v) is 4.07. The number of fused-ring (bicyclic) bond motifs is 1. The van der Waals surface area contributed by atoms with E-state index in [1.807, 2.05) is 18.2 Å². The monoisotopic (exact) mass is 328 g/mol. The van der Waals surface area contributed by atoms with Crippen molar-refractivity contribution in [1.29, 1.82) is 5.41 Å². The fourth-order valence-electron chi connectivity index (χ4n) is 2.54. The van der Waals surface area contributed by atoms with Crippen LogP contribution in [0.2, 0.25) is 0 Å². The minimum atomic E-state index is -0.346. The fourth-order valence-corrected chi connectivity index (χ4v) is 2.54. The number of nitrogen functional groups attached to an aromatic ring is 1. The van der Waals surface area contributed by atoms with Crippen molar-refractivity contribution >= 4 is 28.6 Å². The van der Waals surface area contributed by atoms with Crippen LogP contribution in [0.3, 0.4) is 0 Å². The third-order valence-electron chi connectivity index (χ3n) is 4.07. The van der Waals surface area contributed by atoms with Crippen LogP contribution < -0.4 is 16.2 Å². The molecule has 1 aromatic heterocycles. The second-order valence-electron chi connectivity index (χ2n) is 6.01. The number of hydrogen-bond donors (Lipinski definition) is 4. The molecule has 2 aromatic rings. The molecule has 0 atom stereocenters. The Bertz CT molecular complexity index is 794. The van der Waals surface area contributed by atoms with E-state index < -0.39 is 0 Å². The molecule has 0 aliphatic carbocycles. The first kappa shape index (κ1) is 16.2. The van der Waals surface area contributed by atoms with Crippen LogP contribution in [0.1, 0.15) is 5.56 Å². The lowest BCUT2D eigenvalue weighted by molar-refractivity contribution is -0.153. The van der Waals surface area contributed by atoms with Gasteiger partial charge in [0.2, 0.25) is 0 Å². The molecule has 0 amide bonds. The van der Waals surface area contributed by atoms with Gasteiger partial charge in [0.05, 0.1) is 30.8 Å². The number of aliphatic hydroxyl groups excluding tert-OH is 1. The number of hydrogen-bond acceptors (Lipinski definition) is 7. The van der Waals surface area contributed by atoms with Crippen molar-refractivity contribution in [3.63, 3.8) is 0 Å². The average molecular weight is 328 g/mol. The molecule has 1 aromatic carbocycles. The first-order valence-electron chi connectivity index (χ1n) is 7.55. The zero-order valence-electron chi connectivity index (χ0n) is 13.2. The summed E-state index contributed by atoms with van der Waals surface area (Å²) < 4.78 is 11.1. The molecule has 0 radical (unpaired) electrons.